The minimum absolute atomic E-state index is 0.0172. The number of benzene rings is 1. The van der Waals surface area contributed by atoms with Gasteiger partial charge in [0.2, 0.25) is 15.9 Å². The molecule has 1 aromatic carbocycles. The van der Waals surface area contributed by atoms with Gasteiger partial charge in [-0.1, -0.05) is 13.8 Å². The summed E-state index contributed by atoms with van der Waals surface area (Å²) >= 11 is 0. The van der Waals surface area contributed by atoms with Crippen LogP contribution in [-0.2, 0) is 14.8 Å². The molecule has 0 radical (unpaired) electrons. The molecule has 1 aromatic rings. The van der Waals surface area contributed by atoms with Gasteiger partial charge >= 0.3 is 0 Å². The van der Waals surface area contributed by atoms with Crippen molar-refractivity contribution in [1.82, 2.24) is 19.4 Å². The fourth-order valence-corrected chi connectivity index (χ4v) is 6.33. The second kappa shape index (κ2) is 12.1. The van der Waals surface area contributed by atoms with Crippen molar-refractivity contribution < 1.29 is 17.9 Å². The second-order valence-corrected chi connectivity index (χ2v) is 11.3. The molecule has 2 aliphatic heterocycles. The number of hydrogen-bond donors (Lipinski definition) is 1. The van der Waals surface area contributed by atoms with E-state index in [2.05, 4.69) is 24.1 Å². The zero-order valence-corrected chi connectivity index (χ0v) is 21.1. The van der Waals surface area contributed by atoms with Crippen molar-refractivity contribution in [2.45, 2.75) is 38.5 Å². The second-order valence-electron chi connectivity index (χ2n) is 9.39. The van der Waals surface area contributed by atoms with Crippen molar-refractivity contribution in [2.75, 3.05) is 65.5 Å². The highest BCUT2D eigenvalue weighted by molar-refractivity contribution is 7.89. The molecule has 2 atom stereocenters. The van der Waals surface area contributed by atoms with Crippen molar-refractivity contribution in [1.29, 1.82) is 0 Å². The molecule has 9 heteroatoms. The van der Waals surface area contributed by atoms with Crippen molar-refractivity contribution in [3.63, 3.8) is 0 Å². The van der Waals surface area contributed by atoms with Gasteiger partial charge in [0.15, 0.2) is 0 Å². The van der Waals surface area contributed by atoms with Crippen LogP contribution in [-0.4, -0.2) is 93.9 Å². The van der Waals surface area contributed by atoms with Crippen LogP contribution in [0.15, 0.2) is 29.2 Å². The molecule has 1 N–H and O–H groups in total. The molecule has 0 saturated carbocycles. The molecule has 33 heavy (non-hydrogen) atoms. The smallest absolute Gasteiger partial charge is 0.243 e. The molecule has 186 valence electrons. The fraction of sp³-hybridized carbons (Fsp3) is 0.708. The number of amides is 1. The first kappa shape index (κ1) is 25.9. The number of ether oxygens (including phenoxy) is 1. The topological polar surface area (TPSA) is 82.2 Å². The van der Waals surface area contributed by atoms with E-state index in [4.69, 9.17) is 4.74 Å². The predicted octanol–water partition coefficient (Wildman–Crippen LogP) is 1.88. The van der Waals surface area contributed by atoms with E-state index >= 15 is 0 Å². The Hall–Kier alpha value is -1.68. The van der Waals surface area contributed by atoms with Gasteiger partial charge < -0.3 is 19.9 Å². The highest BCUT2D eigenvalue weighted by atomic mass is 32.2. The number of carbonyl (C=O) groups is 1. The van der Waals surface area contributed by atoms with Crippen molar-refractivity contribution in [2.24, 2.45) is 11.8 Å². The van der Waals surface area contributed by atoms with E-state index in [0.717, 1.165) is 26.2 Å². The molecule has 8 nitrogen and oxygen atoms in total. The van der Waals surface area contributed by atoms with Gasteiger partial charge in [-0.25, -0.2) is 8.42 Å². The highest BCUT2D eigenvalue weighted by Gasteiger charge is 2.28. The summed E-state index contributed by atoms with van der Waals surface area (Å²) < 4.78 is 34.0. The molecule has 2 fully saturated rings. The maximum atomic E-state index is 13.5. The van der Waals surface area contributed by atoms with Gasteiger partial charge in [-0.05, 0) is 49.4 Å². The third kappa shape index (κ3) is 7.40. The molecule has 0 aliphatic carbocycles. The van der Waals surface area contributed by atoms with Gasteiger partial charge in [0.05, 0.1) is 11.5 Å². The third-order valence-electron chi connectivity index (χ3n) is 6.43. The Bertz CT molecular complexity index is 846. The van der Waals surface area contributed by atoms with Crippen LogP contribution >= 0.6 is 0 Å². The van der Waals surface area contributed by atoms with Gasteiger partial charge in [-0.2, -0.15) is 4.31 Å². The number of nitrogens with one attached hydrogen (secondary N) is 1. The van der Waals surface area contributed by atoms with Crippen LogP contribution in [0.3, 0.4) is 0 Å². The number of likely N-dealkylation sites (tertiary alicyclic amines) is 1. The van der Waals surface area contributed by atoms with Crippen LogP contribution < -0.4 is 10.1 Å². The first-order valence-corrected chi connectivity index (χ1v) is 13.7. The maximum absolute atomic E-state index is 13.5. The van der Waals surface area contributed by atoms with Gasteiger partial charge in [0.25, 0.3) is 0 Å². The van der Waals surface area contributed by atoms with Crippen LogP contribution in [0, 0.1) is 11.8 Å². The predicted molar refractivity (Wildman–Crippen MR) is 130 cm³/mol. The number of nitrogens with zero attached hydrogens (tertiary/aromatic N) is 3. The van der Waals surface area contributed by atoms with Crippen LogP contribution in [0.1, 0.15) is 33.6 Å². The van der Waals surface area contributed by atoms with Crippen LogP contribution in [0.5, 0.6) is 5.75 Å². The molecule has 2 saturated heterocycles. The number of carbonyl (C=O) groups excluding carboxylic acids is 1. The minimum atomic E-state index is -3.72. The van der Waals surface area contributed by atoms with Crippen molar-refractivity contribution in [3.8, 4) is 5.75 Å². The van der Waals surface area contributed by atoms with Gasteiger partial charge in [0, 0.05) is 65.3 Å². The molecule has 0 spiro atoms. The third-order valence-corrected chi connectivity index (χ3v) is 8.34. The Morgan fingerprint density at radius 3 is 2.33 bits per heavy atom. The SMILES string of the molecule is CCOc1ccc(S(=O)(=O)N(CCC(=O)N2CCNCC2)CCN2C[C@H](C)C[C@H](C)C2)cc1. The standard InChI is InChI=1S/C24H40N4O4S/c1-4-32-22-5-7-23(8-6-22)33(30,31)28(12-9-24(29)27-13-10-25-11-14-27)16-15-26-18-20(2)17-21(3)19-26/h5-8,20-21,25H,4,9-19H2,1-3H3/t20-,21+. The van der Waals surface area contributed by atoms with E-state index in [1.165, 1.54) is 10.7 Å². The zero-order chi connectivity index (χ0) is 23.8. The van der Waals surface area contributed by atoms with Crippen molar-refractivity contribution in [3.05, 3.63) is 24.3 Å². The lowest BCUT2D eigenvalue weighted by Gasteiger charge is -2.36. The molecule has 2 heterocycles. The van der Waals surface area contributed by atoms with Crippen LogP contribution in [0.25, 0.3) is 0 Å². The number of piperazine rings is 1. The van der Waals surface area contributed by atoms with E-state index < -0.39 is 10.0 Å². The van der Waals surface area contributed by atoms with Gasteiger partial charge in [-0.3, -0.25) is 4.79 Å². The lowest BCUT2D eigenvalue weighted by Crippen LogP contribution is -2.48. The first-order chi connectivity index (χ1) is 15.8. The van der Waals surface area contributed by atoms with Gasteiger partial charge in [0.1, 0.15) is 5.75 Å². The molecule has 0 aromatic heterocycles. The first-order valence-electron chi connectivity index (χ1n) is 12.2. The molecule has 0 bridgehead atoms. The average Bonchev–Trinajstić information content (AvgIpc) is 2.79. The summed E-state index contributed by atoms with van der Waals surface area (Å²) in [6.45, 7) is 13.1. The molecule has 2 aliphatic rings. The normalized spacial score (nSPS) is 22.5. The summed E-state index contributed by atoms with van der Waals surface area (Å²) in [6, 6.07) is 6.57. The summed E-state index contributed by atoms with van der Waals surface area (Å²) in [4.78, 5) is 17.1. The molecular formula is C24H40N4O4S. The van der Waals surface area contributed by atoms with E-state index in [0.29, 0.717) is 50.4 Å². The average molecular weight is 481 g/mol. The number of sulfonamides is 1. The monoisotopic (exact) mass is 480 g/mol. The minimum Gasteiger partial charge on any atom is -0.494 e. The quantitative estimate of drug-likeness (QED) is 0.551. The Morgan fingerprint density at radius 2 is 1.73 bits per heavy atom. The van der Waals surface area contributed by atoms with E-state index in [9.17, 15) is 13.2 Å². The summed E-state index contributed by atoms with van der Waals surface area (Å²) in [7, 11) is -3.72. The lowest BCUT2D eigenvalue weighted by molar-refractivity contribution is -0.131. The van der Waals surface area contributed by atoms with E-state index in [1.54, 1.807) is 24.3 Å². The number of hydrogen-bond acceptors (Lipinski definition) is 6. The largest absolute Gasteiger partial charge is 0.494 e. The number of piperidine rings is 1. The van der Waals surface area contributed by atoms with Crippen LogP contribution in [0.2, 0.25) is 0 Å². The molecular weight excluding hydrogens is 440 g/mol. The highest BCUT2D eigenvalue weighted by Crippen LogP contribution is 2.23. The summed E-state index contributed by atoms with van der Waals surface area (Å²) in [5, 5.41) is 3.24. The van der Waals surface area contributed by atoms with E-state index in [1.807, 2.05) is 11.8 Å². The summed E-state index contributed by atoms with van der Waals surface area (Å²) in [5.41, 5.74) is 0. The molecule has 3 rings (SSSR count). The summed E-state index contributed by atoms with van der Waals surface area (Å²) in [5.74, 6) is 1.88. The Morgan fingerprint density at radius 1 is 1.09 bits per heavy atom. The fourth-order valence-electron chi connectivity index (χ4n) is 4.90. The number of rotatable bonds is 10. The van der Waals surface area contributed by atoms with Gasteiger partial charge in [-0.15, -0.1) is 0 Å². The summed E-state index contributed by atoms with van der Waals surface area (Å²) in [6.07, 6.45) is 1.41. The lowest BCUT2D eigenvalue weighted by atomic mass is 9.92. The Balaban J connectivity index is 1.70. The Labute approximate surface area is 199 Å². The van der Waals surface area contributed by atoms with E-state index in [-0.39, 0.29) is 23.8 Å². The van der Waals surface area contributed by atoms with Crippen LogP contribution in [0.4, 0.5) is 0 Å². The molecule has 1 amide bonds. The molecule has 0 unspecified atom stereocenters. The maximum Gasteiger partial charge on any atom is 0.243 e. The van der Waals surface area contributed by atoms with Crippen molar-refractivity contribution >= 4 is 15.9 Å². The zero-order valence-electron chi connectivity index (χ0n) is 20.3. The Kier molecular flexibility index (Phi) is 9.55.